The van der Waals surface area contributed by atoms with Gasteiger partial charge in [0.2, 0.25) is 5.91 Å². The number of carbonyl (C=O) groups is 2. The minimum Gasteiger partial charge on any atom is -0.335 e. The number of benzene rings is 1. The van der Waals surface area contributed by atoms with Gasteiger partial charge < -0.3 is 9.88 Å². The van der Waals surface area contributed by atoms with Crippen LogP contribution in [-0.2, 0) is 11.8 Å². The average Bonchev–Trinajstić information content (AvgIpc) is 3.20. The molecule has 1 aromatic carbocycles. The molecule has 2 aromatic rings. The monoisotopic (exact) mass is 304 g/mol. The third kappa shape index (κ3) is 3.36. The number of imidazole rings is 1. The van der Waals surface area contributed by atoms with Crippen LogP contribution < -0.4 is 10.6 Å². The molecule has 3 rings (SSSR count). The highest BCUT2D eigenvalue weighted by molar-refractivity contribution is 7.99. The van der Waals surface area contributed by atoms with Crippen LogP contribution >= 0.6 is 11.8 Å². The number of aromatic nitrogens is 2. The molecule has 1 aliphatic rings. The highest BCUT2D eigenvalue weighted by Crippen LogP contribution is 2.22. The van der Waals surface area contributed by atoms with Crippen LogP contribution in [0, 0.1) is 0 Å². The molecule has 0 aliphatic heterocycles. The van der Waals surface area contributed by atoms with Crippen molar-refractivity contribution in [1.29, 1.82) is 0 Å². The van der Waals surface area contributed by atoms with Gasteiger partial charge in [0.25, 0.3) is 0 Å². The van der Waals surface area contributed by atoms with E-state index in [0.717, 1.165) is 29.0 Å². The predicted molar refractivity (Wildman–Crippen MR) is 81.1 cm³/mol. The highest BCUT2D eigenvalue weighted by Gasteiger charge is 2.23. The molecule has 0 unspecified atom stereocenters. The maximum Gasteiger partial charge on any atom is 0.321 e. The first-order valence-corrected chi connectivity index (χ1v) is 7.76. The largest absolute Gasteiger partial charge is 0.335 e. The molecule has 0 spiro atoms. The molecule has 1 saturated carbocycles. The lowest BCUT2D eigenvalue weighted by Crippen LogP contribution is -2.41. The highest BCUT2D eigenvalue weighted by atomic mass is 32.2. The van der Waals surface area contributed by atoms with Gasteiger partial charge in [-0.2, -0.15) is 0 Å². The van der Waals surface area contributed by atoms with Gasteiger partial charge in [-0.25, -0.2) is 9.78 Å². The zero-order valence-electron chi connectivity index (χ0n) is 11.6. The molecule has 0 bridgehead atoms. The Kier molecular flexibility index (Phi) is 3.83. The first kappa shape index (κ1) is 13.9. The van der Waals surface area contributed by atoms with E-state index in [2.05, 4.69) is 15.6 Å². The predicted octanol–water partition coefficient (Wildman–Crippen LogP) is 1.65. The first-order chi connectivity index (χ1) is 10.1. The van der Waals surface area contributed by atoms with E-state index >= 15 is 0 Å². The number of nitrogens with zero attached hydrogens (tertiary/aromatic N) is 2. The number of fused-ring (bicyclic) bond motifs is 1. The number of hydrogen-bond acceptors (Lipinski definition) is 4. The van der Waals surface area contributed by atoms with Gasteiger partial charge in [0.1, 0.15) is 0 Å². The molecule has 1 aromatic heterocycles. The molecular weight excluding hydrogens is 288 g/mol. The first-order valence-electron chi connectivity index (χ1n) is 6.78. The van der Waals surface area contributed by atoms with Gasteiger partial charge in [-0.05, 0) is 25.0 Å². The SMILES string of the molecule is Cn1c(SCC(=O)NC(=O)NC2CC2)nc2ccccc21. The van der Waals surface area contributed by atoms with E-state index in [1.807, 2.05) is 35.9 Å². The molecule has 1 aliphatic carbocycles. The Morgan fingerprint density at radius 2 is 2.14 bits per heavy atom. The topological polar surface area (TPSA) is 76.0 Å². The summed E-state index contributed by atoms with van der Waals surface area (Å²) in [5, 5.41) is 5.80. The van der Waals surface area contributed by atoms with Gasteiger partial charge in [-0.15, -0.1) is 0 Å². The summed E-state index contributed by atoms with van der Waals surface area (Å²) in [5.41, 5.74) is 1.92. The number of para-hydroxylation sites is 2. The summed E-state index contributed by atoms with van der Waals surface area (Å²) in [6.07, 6.45) is 1.99. The van der Waals surface area contributed by atoms with Gasteiger partial charge in [0.15, 0.2) is 5.16 Å². The summed E-state index contributed by atoms with van der Waals surface area (Å²) in [5.74, 6) is -0.153. The molecule has 2 N–H and O–H groups in total. The number of thioether (sulfide) groups is 1. The Hall–Kier alpha value is -2.02. The third-order valence-electron chi connectivity index (χ3n) is 3.24. The summed E-state index contributed by atoms with van der Waals surface area (Å²) in [4.78, 5) is 27.6. The lowest BCUT2D eigenvalue weighted by molar-refractivity contribution is -0.117. The summed E-state index contributed by atoms with van der Waals surface area (Å²) in [6.45, 7) is 0. The van der Waals surface area contributed by atoms with Crippen LogP contribution in [0.25, 0.3) is 11.0 Å². The summed E-state index contributed by atoms with van der Waals surface area (Å²) < 4.78 is 1.94. The Morgan fingerprint density at radius 3 is 2.86 bits per heavy atom. The minimum atomic E-state index is -0.409. The van der Waals surface area contributed by atoms with Crippen molar-refractivity contribution in [1.82, 2.24) is 20.2 Å². The molecule has 110 valence electrons. The Labute approximate surface area is 126 Å². The molecule has 3 amide bonds. The van der Waals surface area contributed by atoms with Gasteiger partial charge in [0, 0.05) is 13.1 Å². The molecule has 6 nitrogen and oxygen atoms in total. The molecule has 1 fully saturated rings. The summed E-state index contributed by atoms with van der Waals surface area (Å²) >= 11 is 1.32. The smallest absolute Gasteiger partial charge is 0.321 e. The third-order valence-corrected chi connectivity index (χ3v) is 4.27. The van der Waals surface area contributed by atoms with Crippen LogP contribution in [0.4, 0.5) is 4.79 Å². The lowest BCUT2D eigenvalue weighted by atomic mass is 10.3. The number of carbonyl (C=O) groups excluding carboxylic acids is 2. The second-order valence-electron chi connectivity index (χ2n) is 5.03. The molecule has 7 heteroatoms. The van der Waals surface area contributed by atoms with Crippen molar-refractivity contribution in [3.05, 3.63) is 24.3 Å². The molecule has 0 atom stereocenters. The lowest BCUT2D eigenvalue weighted by Gasteiger charge is -2.05. The van der Waals surface area contributed by atoms with Crippen LogP contribution in [0.5, 0.6) is 0 Å². The standard InChI is InChI=1S/C14H16N4O2S/c1-18-11-5-3-2-4-10(11)16-14(18)21-8-12(19)17-13(20)15-9-6-7-9/h2-5,9H,6-8H2,1H3,(H2,15,17,19,20). The second kappa shape index (κ2) is 5.77. The molecule has 21 heavy (non-hydrogen) atoms. The van der Waals surface area contributed by atoms with Crippen molar-refractivity contribution >= 4 is 34.7 Å². The van der Waals surface area contributed by atoms with Crippen molar-refractivity contribution in [3.63, 3.8) is 0 Å². The molecule has 0 radical (unpaired) electrons. The van der Waals surface area contributed by atoms with Crippen LogP contribution in [0.2, 0.25) is 0 Å². The molecule has 1 heterocycles. The van der Waals surface area contributed by atoms with Crippen molar-refractivity contribution in [2.45, 2.75) is 24.0 Å². The summed E-state index contributed by atoms with van der Waals surface area (Å²) in [7, 11) is 1.91. The summed E-state index contributed by atoms with van der Waals surface area (Å²) in [6, 6.07) is 7.63. The molecular formula is C14H16N4O2S. The number of nitrogens with one attached hydrogen (secondary N) is 2. The van der Waals surface area contributed by atoms with E-state index in [4.69, 9.17) is 0 Å². The maximum absolute atomic E-state index is 11.7. The van der Waals surface area contributed by atoms with Crippen LogP contribution in [-0.4, -0.2) is 33.3 Å². The zero-order chi connectivity index (χ0) is 14.8. The number of aryl methyl sites for hydroxylation is 1. The fourth-order valence-corrected chi connectivity index (χ4v) is 2.78. The fraction of sp³-hybridized carbons (Fsp3) is 0.357. The quantitative estimate of drug-likeness (QED) is 0.842. The Bertz CT molecular complexity index is 693. The maximum atomic E-state index is 11.7. The number of rotatable bonds is 4. The van der Waals surface area contributed by atoms with Crippen molar-refractivity contribution in [3.8, 4) is 0 Å². The van der Waals surface area contributed by atoms with Crippen LogP contribution in [0.3, 0.4) is 0 Å². The number of hydrogen-bond donors (Lipinski definition) is 2. The van der Waals surface area contributed by atoms with E-state index in [-0.39, 0.29) is 17.7 Å². The second-order valence-corrected chi connectivity index (χ2v) is 5.97. The number of imide groups is 1. The normalized spacial score (nSPS) is 14.1. The van der Waals surface area contributed by atoms with Crippen molar-refractivity contribution in [2.24, 2.45) is 7.05 Å². The Morgan fingerprint density at radius 1 is 1.38 bits per heavy atom. The zero-order valence-corrected chi connectivity index (χ0v) is 12.4. The van der Waals surface area contributed by atoms with Gasteiger partial charge in [0.05, 0.1) is 16.8 Å². The van der Waals surface area contributed by atoms with Gasteiger partial charge in [-0.1, -0.05) is 23.9 Å². The van der Waals surface area contributed by atoms with E-state index in [9.17, 15) is 9.59 Å². The van der Waals surface area contributed by atoms with Crippen molar-refractivity contribution in [2.75, 3.05) is 5.75 Å². The van der Waals surface area contributed by atoms with E-state index in [1.165, 1.54) is 11.8 Å². The van der Waals surface area contributed by atoms with E-state index in [0.29, 0.717) is 0 Å². The van der Waals surface area contributed by atoms with Gasteiger partial charge >= 0.3 is 6.03 Å². The minimum absolute atomic E-state index is 0.162. The number of urea groups is 1. The van der Waals surface area contributed by atoms with Crippen LogP contribution in [0.15, 0.2) is 29.4 Å². The average molecular weight is 304 g/mol. The van der Waals surface area contributed by atoms with E-state index in [1.54, 1.807) is 0 Å². The van der Waals surface area contributed by atoms with Crippen molar-refractivity contribution < 1.29 is 9.59 Å². The number of amides is 3. The molecule has 0 saturated heterocycles. The van der Waals surface area contributed by atoms with Gasteiger partial charge in [-0.3, -0.25) is 10.1 Å². The Balaban J connectivity index is 1.56. The van der Waals surface area contributed by atoms with Crippen LogP contribution in [0.1, 0.15) is 12.8 Å². The van der Waals surface area contributed by atoms with E-state index < -0.39 is 6.03 Å². The fourth-order valence-electron chi connectivity index (χ4n) is 1.99.